The predicted octanol–water partition coefficient (Wildman–Crippen LogP) is 3.96. The van der Waals surface area contributed by atoms with Gasteiger partial charge in [0.15, 0.2) is 0 Å². The van der Waals surface area contributed by atoms with Crippen molar-refractivity contribution in [3.05, 3.63) is 53.6 Å². The maximum Gasteiger partial charge on any atom is 0.146 e. The van der Waals surface area contributed by atoms with Crippen LogP contribution in [0.15, 0.2) is 36.7 Å². The van der Waals surface area contributed by atoms with E-state index in [1.165, 1.54) is 5.56 Å². The van der Waals surface area contributed by atoms with Gasteiger partial charge in [-0.25, -0.2) is 4.39 Å². The lowest BCUT2D eigenvalue weighted by atomic mass is 10.2. The molecular weight excluding hydrogens is 227 g/mol. The van der Waals surface area contributed by atoms with Crippen LogP contribution in [0.1, 0.15) is 24.5 Å². The Hall–Kier alpha value is -1.77. The normalized spacial score (nSPS) is 10.6. The second-order valence-electron chi connectivity index (χ2n) is 4.59. The second-order valence-corrected chi connectivity index (χ2v) is 4.59. The summed E-state index contributed by atoms with van der Waals surface area (Å²) in [6, 6.07) is 7.31. The van der Waals surface area contributed by atoms with E-state index in [0.29, 0.717) is 12.2 Å². The summed E-state index contributed by atoms with van der Waals surface area (Å²) in [6.07, 6.45) is 5.28. The molecular formula is C15H19FN2. The number of anilines is 1. The Morgan fingerprint density at radius 3 is 2.83 bits per heavy atom. The summed E-state index contributed by atoms with van der Waals surface area (Å²) in [5.41, 5.74) is 2.67. The van der Waals surface area contributed by atoms with Crippen LogP contribution in [0.25, 0.3) is 0 Å². The summed E-state index contributed by atoms with van der Waals surface area (Å²) in [5, 5.41) is 3.12. The maximum absolute atomic E-state index is 13.6. The molecule has 0 atom stereocenters. The molecule has 96 valence electrons. The van der Waals surface area contributed by atoms with Crippen LogP contribution < -0.4 is 5.32 Å². The molecule has 0 fully saturated rings. The number of aromatic nitrogens is 1. The average Bonchev–Trinajstić information content (AvgIpc) is 2.76. The molecule has 1 heterocycles. The molecule has 0 spiro atoms. The molecule has 0 amide bonds. The van der Waals surface area contributed by atoms with Gasteiger partial charge in [0.2, 0.25) is 0 Å². The van der Waals surface area contributed by atoms with Crippen LogP contribution in [0.4, 0.5) is 10.1 Å². The Kier molecular flexibility index (Phi) is 4.03. The Morgan fingerprint density at radius 2 is 2.11 bits per heavy atom. The van der Waals surface area contributed by atoms with Crippen molar-refractivity contribution in [1.29, 1.82) is 0 Å². The maximum atomic E-state index is 13.6. The summed E-state index contributed by atoms with van der Waals surface area (Å²) >= 11 is 0. The zero-order valence-electron chi connectivity index (χ0n) is 10.9. The van der Waals surface area contributed by atoms with Gasteiger partial charge in [0.1, 0.15) is 5.82 Å². The zero-order chi connectivity index (χ0) is 13.0. The van der Waals surface area contributed by atoms with Gasteiger partial charge < -0.3 is 9.88 Å². The first-order chi connectivity index (χ1) is 8.69. The summed E-state index contributed by atoms with van der Waals surface area (Å²) in [5.74, 6) is -0.192. The van der Waals surface area contributed by atoms with Gasteiger partial charge in [-0.3, -0.25) is 0 Å². The summed E-state index contributed by atoms with van der Waals surface area (Å²) < 4.78 is 15.8. The van der Waals surface area contributed by atoms with Crippen molar-refractivity contribution in [2.24, 2.45) is 0 Å². The van der Waals surface area contributed by atoms with Crippen molar-refractivity contribution in [2.45, 2.75) is 33.4 Å². The molecule has 0 aliphatic heterocycles. The van der Waals surface area contributed by atoms with E-state index in [9.17, 15) is 4.39 Å². The molecule has 2 nitrogen and oxygen atoms in total. The van der Waals surface area contributed by atoms with Crippen molar-refractivity contribution in [3.63, 3.8) is 0 Å². The van der Waals surface area contributed by atoms with Crippen molar-refractivity contribution in [2.75, 3.05) is 5.32 Å². The van der Waals surface area contributed by atoms with E-state index in [1.807, 2.05) is 13.0 Å². The number of nitrogens with one attached hydrogen (secondary N) is 1. The largest absolute Gasteiger partial charge is 0.379 e. The van der Waals surface area contributed by atoms with E-state index in [4.69, 9.17) is 0 Å². The minimum absolute atomic E-state index is 0.192. The van der Waals surface area contributed by atoms with Crippen LogP contribution in [0.5, 0.6) is 0 Å². The second kappa shape index (κ2) is 5.71. The summed E-state index contributed by atoms with van der Waals surface area (Å²) in [7, 11) is 0. The van der Waals surface area contributed by atoms with Gasteiger partial charge in [-0.2, -0.15) is 0 Å². The first-order valence-electron chi connectivity index (χ1n) is 6.33. The lowest BCUT2D eigenvalue weighted by molar-refractivity contribution is 0.629. The standard InChI is InChI=1S/C15H19FN2/c1-3-7-18-8-6-13(11-18)10-17-15-5-4-12(2)9-14(15)16/h4-6,8-9,11,17H,3,7,10H2,1-2H3. The van der Waals surface area contributed by atoms with Crippen molar-refractivity contribution >= 4 is 5.69 Å². The number of aryl methyl sites for hydroxylation is 2. The van der Waals surface area contributed by atoms with Gasteiger partial charge in [-0.15, -0.1) is 0 Å². The molecule has 0 bridgehead atoms. The highest BCUT2D eigenvalue weighted by Crippen LogP contribution is 2.16. The van der Waals surface area contributed by atoms with E-state index < -0.39 is 0 Å². The highest BCUT2D eigenvalue weighted by atomic mass is 19.1. The van der Waals surface area contributed by atoms with Gasteiger partial charge in [-0.05, 0) is 42.7 Å². The predicted molar refractivity (Wildman–Crippen MR) is 73.2 cm³/mol. The quantitative estimate of drug-likeness (QED) is 0.845. The SMILES string of the molecule is CCCn1ccc(CNc2ccc(C)cc2F)c1. The topological polar surface area (TPSA) is 17.0 Å². The third kappa shape index (κ3) is 3.13. The number of benzene rings is 1. The number of hydrogen-bond acceptors (Lipinski definition) is 1. The molecule has 0 unspecified atom stereocenters. The minimum atomic E-state index is -0.192. The fraction of sp³-hybridized carbons (Fsp3) is 0.333. The molecule has 3 heteroatoms. The Bertz CT molecular complexity index is 517. The monoisotopic (exact) mass is 246 g/mol. The molecule has 2 aromatic rings. The van der Waals surface area contributed by atoms with E-state index in [0.717, 1.165) is 18.5 Å². The molecule has 0 saturated carbocycles. The molecule has 0 radical (unpaired) electrons. The third-order valence-corrected chi connectivity index (χ3v) is 2.90. The molecule has 0 aliphatic carbocycles. The highest BCUT2D eigenvalue weighted by Gasteiger charge is 2.02. The number of nitrogens with zero attached hydrogens (tertiary/aromatic N) is 1. The number of halogens is 1. The van der Waals surface area contributed by atoms with Gasteiger partial charge >= 0.3 is 0 Å². The fourth-order valence-electron chi connectivity index (χ4n) is 1.95. The number of hydrogen-bond donors (Lipinski definition) is 1. The summed E-state index contributed by atoms with van der Waals surface area (Å²) in [6.45, 7) is 5.72. The zero-order valence-corrected chi connectivity index (χ0v) is 10.9. The highest BCUT2D eigenvalue weighted by molar-refractivity contribution is 5.46. The lowest BCUT2D eigenvalue weighted by Crippen LogP contribution is -2.01. The first-order valence-corrected chi connectivity index (χ1v) is 6.33. The molecule has 1 aromatic heterocycles. The van der Waals surface area contributed by atoms with Crippen LogP contribution in [0.2, 0.25) is 0 Å². The lowest BCUT2D eigenvalue weighted by Gasteiger charge is -2.07. The molecule has 0 aliphatic rings. The molecule has 18 heavy (non-hydrogen) atoms. The summed E-state index contributed by atoms with van der Waals surface area (Å²) in [4.78, 5) is 0. The van der Waals surface area contributed by atoms with E-state index in [-0.39, 0.29) is 5.82 Å². The van der Waals surface area contributed by atoms with Crippen LogP contribution in [-0.4, -0.2) is 4.57 Å². The van der Waals surface area contributed by atoms with E-state index in [2.05, 4.69) is 35.3 Å². The minimum Gasteiger partial charge on any atom is -0.379 e. The average molecular weight is 246 g/mol. The Labute approximate surface area is 107 Å². The van der Waals surface area contributed by atoms with E-state index in [1.54, 1.807) is 12.1 Å². The number of rotatable bonds is 5. The van der Waals surface area contributed by atoms with Crippen molar-refractivity contribution < 1.29 is 4.39 Å². The molecule has 0 saturated heterocycles. The van der Waals surface area contributed by atoms with Gasteiger partial charge in [0.25, 0.3) is 0 Å². The van der Waals surface area contributed by atoms with Crippen LogP contribution >= 0.6 is 0 Å². The van der Waals surface area contributed by atoms with Crippen molar-refractivity contribution in [3.8, 4) is 0 Å². The van der Waals surface area contributed by atoms with Gasteiger partial charge in [-0.1, -0.05) is 13.0 Å². The first kappa shape index (κ1) is 12.7. The van der Waals surface area contributed by atoms with E-state index >= 15 is 0 Å². The molecule has 2 rings (SSSR count). The third-order valence-electron chi connectivity index (χ3n) is 2.90. The molecule has 1 N–H and O–H groups in total. The van der Waals surface area contributed by atoms with Crippen molar-refractivity contribution in [1.82, 2.24) is 4.57 Å². The van der Waals surface area contributed by atoms with Crippen LogP contribution in [-0.2, 0) is 13.1 Å². The van der Waals surface area contributed by atoms with Crippen LogP contribution in [0.3, 0.4) is 0 Å². The van der Waals surface area contributed by atoms with Crippen LogP contribution in [0, 0.1) is 12.7 Å². The Morgan fingerprint density at radius 1 is 1.28 bits per heavy atom. The Balaban J connectivity index is 1.97. The smallest absolute Gasteiger partial charge is 0.146 e. The van der Waals surface area contributed by atoms with Gasteiger partial charge in [0.05, 0.1) is 5.69 Å². The molecule has 1 aromatic carbocycles. The fourth-order valence-corrected chi connectivity index (χ4v) is 1.95. The van der Waals surface area contributed by atoms with Gasteiger partial charge in [0, 0.05) is 25.5 Å².